The number of carbonyl (C=O) groups excluding carboxylic acids is 1. The summed E-state index contributed by atoms with van der Waals surface area (Å²) in [6, 6.07) is 10.1. The average molecular weight is 370 g/mol. The maximum Gasteiger partial charge on any atom is 0.232 e. The van der Waals surface area contributed by atoms with Crippen LogP contribution in [0.4, 0.5) is 5.88 Å². The van der Waals surface area contributed by atoms with Gasteiger partial charge in [-0.25, -0.2) is 0 Å². The average Bonchev–Trinajstić information content (AvgIpc) is 3.05. The van der Waals surface area contributed by atoms with E-state index < -0.39 is 0 Å². The lowest BCUT2D eigenvalue weighted by atomic mass is 9.98. The Kier molecular flexibility index (Phi) is 6.19. The third-order valence-corrected chi connectivity index (χ3v) is 5.27. The molecule has 1 aromatic carbocycles. The van der Waals surface area contributed by atoms with Crippen molar-refractivity contribution in [3.63, 3.8) is 0 Å². The Morgan fingerprint density at radius 3 is 2.52 bits per heavy atom. The van der Waals surface area contributed by atoms with Crippen molar-refractivity contribution >= 4 is 11.8 Å². The Morgan fingerprint density at radius 2 is 1.93 bits per heavy atom. The monoisotopic (exact) mass is 369 g/mol. The SMILES string of the molecule is CC(=O)N(Cc1c(-c2ccccc2)noc1N1CCC(C)CC1)CC(C)C. The van der Waals surface area contributed by atoms with Gasteiger partial charge in [-0.2, -0.15) is 0 Å². The van der Waals surface area contributed by atoms with Crippen molar-refractivity contribution in [2.75, 3.05) is 24.5 Å². The quantitative estimate of drug-likeness (QED) is 0.748. The Morgan fingerprint density at radius 1 is 1.26 bits per heavy atom. The molecule has 0 aliphatic carbocycles. The van der Waals surface area contributed by atoms with Crippen LogP contribution in [-0.2, 0) is 11.3 Å². The predicted molar refractivity (Wildman–Crippen MR) is 108 cm³/mol. The van der Waals surface area contributed by atoms with Crippen LogP contribution in [0.1, 0.15) is 46.1 Å². The number of piperidine rings is 1. The minimum Gasteiger partial charge on any atom is -0.340 e. The molecule has 5 nitrogen and oxygen atoms in total. The van der Waals surface area contributed by atoms with E-state index >= 15 is 0 Å². The molecule has 1 aliphatic rings. The van der Waals surface area contributed by atoms with Crippen molar-refractivity contribution in [2.45, 2.75) is 47.1 Å². The highest BCUT2D eigenvalue weighted by Crippen LogP contribution is 2.34. The van der Waals surface area contributed by atoms with Crippen LogP contribution in [-0.4, -0.2) is 35.6 Å². The highest BCUT2D eigenvalue weighted by atomic mass is 16.5. The van der Waals surface area contributed by atoms with Gasteiger partial charge in [-0.1, -0.05) is 56.3 Å². The van der Waals surface area contributed by atoms with E-state index in [1.165, 1.54) is 0 Å². The van der Waals surface area contributed by atoms with Crippen LogP contribution in [0.15, 0.2) is 34.9 Å². The summed E-state index contributed by atoms with van der Waals surface area (Å²) in [6.07, 6.45) is 2.31. The molecular weight excluding hydrogens is 338 g/mol. The molecule has 146 valence electrons. The first kappa shape index (κ1) is 19.5. The number of carbonyl (C=O) groups is 1. The molecule has 0 saturated carbocycles. The zero-order chi connectivity index (χ0) is 19.4. The molecule has 1 aliphatic heterocycles. The molecule has 1 aromatic heterocycles. The van der Waals surface area contributed by atoms with Gasteiger partial charge in [0.05, 0.1) is 12.1 Å². The Balaban J connectivity index is 1.96. The molecule has 3 rings (SSSR count). The van der Waals surface area contributed by atoms with Crippen LogP contribution in [0.25, 0.3) is 11.3 Å². The van der Waals surface area contributed by atoms with Crippen molar-refractivity contribution < 1.29 is 9.32 Å². The minimum atomic E-state index is 0.0853. The molecule has 0 unspecified atom stereocenters. The Bertz CT molecular complexity index is 746. The van der Waals surface area contributed by atoms with E-state index in [1.807, 2.05) is 35.2 Å². The van der Waals surface area contributed by atoms with Gasteiger partial charge in [0.2, 0.25) is 11.8 Å². The summed E-state index contributed by atoms with van der Waals surface area (Å²) in [4.78, 5) is 16.4. The molecule has 1 saturated heterocycles. The van der Waals surface area contributed by atoms with Gasteiger partial charge in [-0.3, -0.25) is 4.79 Å². The molecule has 1 fully saturated rings. The van der Waals surface area contributed by atoms with E-state index in [9.17, 15) is 4.79 Å². The number of aromatic nitrogens is 1. The van der Waals surface area contributed by atoms with Crippen LogP contribution < -0.4 is 4.90 Å². The summed E-state index contributed by atoms with van der Waals surface area (Å²) in [5, 5.41) is 4.42. The zero-order valence-corrected chi connectivity index (χ0v) is 16.9. The largest absolute Gasteiger partial charge is 0.340 e. The molecule has 0 bridgehead atoms. The second kappa shape index (κ2) is 8.59. The topological polar surface area (TPSA) is 49.6 Å². The van der Waals surface area contributed by atoms with Crippen molar-refractivity contribution in [1.82, 2.24) is 10.1 Å². The lowest BCUT2D eigenvalue weighted by Crippen LogP contribution is -2.35. The van der Waals surface area contributed by atoms with E-state index in [0.717, 1.165) is 61.1 Å². The second-order valence-electron chi connectivity index (χ2n) is 8.14. The fourth-order valence-corrected chi connectivity index (χ4v) is 3.66. The first-order valence-electron chi connectivity index (χ1n) is 10.00. The first-order valence-corrected chi connectivity index (χ1v) is 10.00. The molecule has 2 heterocycles. The third-order valence-electron chi connectivity index (χ3n) is 5.27. The smallest absolute Gasteiger partial charge is 0.232 e. The van der Waals surface area contributed by atoms with Gasteiger partial charge < -0.3 is 14.3 Å². The molecule has 0 spiro atoms. The number of nitrogens with zero attached hydrogens (tertiary/aromatic N) is 3. The fraction of sp³-hybridized carbons (Fsp3) is 0.545. The van der Waals surface area contributed by atoms with Gasteiger partial charge in [0, 0.05) is 32.1 Å². The molecule has 2 aromatic rings. The van der Waals surface area contributed by atoms with Gasteiger partial charge in [0.25, 0.3) is 0 Å². The molecule has 0 radical (unpaired) electrons. The maximum absolute atomic E-state index is 12.2. The molecule has 5 heteroatoms. The van der Waals surface area contributed by atoms with Crippen LogP contribution in [0.2, 0.25) is 0 Å². The zero-order valence-electron chi connectivity index (χ0n) is 16.9. The van der Waals surface area contributed by atoms with Gasteiger partial charge in [0.1, 0.15) is 5.69 Å². The normalized spacial score (nSPS) is 15.4. The van der Waals surface area contributed by atoms with Crippen molar-refractivity contribution in [3.8, 4) is 11.3 Å². The molecule has 1 amide bonds. The summed E-state index contributed by atoms with van der Waals surface area (Å²) in [5.74, 6) is 2.07. The van der Waals surface area contributed by atoms with Crippen LogP contribution >= 0.6 is 0 Å². The maximum atomic E-state index is 12.2. The number of benzene rings is 1. The number of amides is 1. The van der Waals surface area contributed by atoms with Crippen LogP contribution in [0, 0.1) is 11.8 Å². The predicted octanol–water partition coefficient (Wildman–Crippen LogP) is 4.58. The highest BCUT2D eigenvalue weighted by molar-refractivity contribution is 5.75. The summed E-state index contributed by atoms with van der Waals surface area (Å²) in [5.41, 5.74) is 2.90. The molecular formula is C22H31N3O2. The van der Waals surface area contributed by atoms with E-state index in [2.05, 4.69) is 30.8 Å². The molecule has 27 heavy (non-hydrogen) atoms. The molecule has 0 atom stereocenters. The van der Waals surface area contributed by atoms with Crippen LogP contribution in [0.3, 0.4) is 0 Å². The van der Waals surface area contributed by atoms with Gasteiger partial charge in [0.15, 0.2) is 0 Å². The van der Waals surface area contributed by atoms with E-state index in [4.69, 9.17) is 4.52 Å². The number of hydrogen-bond acceptors (Lipinski definition) is 4. The van der Waals surface area contributed by atoms with Crippen molar-refractivity contribution in [1.29, 1.82) is 0 Å². The van der Waals surface area contributed by atoms with Crippen molar-refractivity contribution in [3.05, 3.63) is 35.9 Å². The minimum absolute atomic E-state index is 0.0853. The van der Waals surface area contributed by atoms with Gasteiger partial charge in [-0.15, -0.1) is 0 Å². The second-order valence-corrected chi connectivity index (χ2v) is 8.14. The number of hydrogen-bond donors (Lipinski definition) is 0. The summed E-state index contributed by atoms with van der Waals surface area (Å²) in [6.45, 7) is 11.4. The van der Waals surface area contributed by atoms with Gasteiger partial charge in [-0.05, 0) is 24.7 Å². The summed E-state index contributed by atoms with van der Waals surface area (Å²) >= 11 is 0. The summed E-state index contributed by atoms with van der Waals surface area (Å²) < 4.78 is 5.85. The molecule has 0 N–H and O–H groups in total. The van der Waals surface area contributed by atoms with E-state index in [0.29, 0.717) is 12.5 Å². The Hall–Kier alpha value is -2.30. The van der Waals surface area contributed by atoms with E-state index in [-0.39, 0.29) is 5.91 Å². The van der Waals surface area contributed by atoms with Gasteiger partial charge >= 0.3 is 0 Å². The fourth-order valence-electron chi connectivity index (χ4n) is 3.66. The third kappa shape index (κ3) is 4.71. The number of anilines is 1. The summed E-state index contributed by atoms with van der Waals surface area (Å²) in [7, 11) is 0. The lowest BCUT2D eigenvalue weighted by Gasteiger charge is -2.31. The lowest BCUT2D eigenvalue weighted by molar-refractivity contribution is -0.129. The Labute approximate surface area is 162 Å². The van der Waals surface area contributed by atoms with E-state index in [1.54, 1.807) is 6.92 Å². The van der Waals surface area contributed by atoms with Crippen molar-refractivity contribution in [2.24, 2.45) is 11.8 Å². The van der Waals surface area contributed by atoms with Crippen LogP contribution in [0.5, 0.6) is 0 Å². The number of rotatable bonds is 6. The standard InChI is InChI=1S/C22H31N3O2/c1-16(2)14-25(18(4)26)15-20-21(19-8-6-5-7-9-19)23-27-22(20)24-12-10-17(3)11-13-24/h5-9,16-17H,10-15H2,1-4H3. The first-order chi connectivity index (χ1) is 13.0. The highest BCUT2D eigenvalue weighted by Gasteiger charge is 2.27.